The summed E-state index contributed by atoms with van der Waals surface area (Å²) in [7, 11) is 1.71. The summed E-state index contributed by atoms with van der Waals surface area (Å²) in [6, 6.07) is 7.57. The molecule has 3 nitrogen and oxygen atoms in total. The molecule has 0 radical (unpaired) electrons. The molecule has 1 aromatic heterocycles. The third kappa shape index (κ3) is 1.46. The third-order valence-corrected chi connectivity index (χ3v) is 2.03. The first kappa shape index (κ1) is 8.74. The highest BCUT2D eigenvalue weighted by Gasteiger charge is 2.04. The van der Waals surface area contributed by atoms with Crippen molar-refractivity contribution in [2.24, 2.45) is 7.05 Å². The van der Waals surface area contributed by atoms with Gasteiger partial charge in [0.1, 0.15) is 5.82 Å². The Morgan fingerprint density at radius 1 is 1.36 bits per heavy atom. The predicted molar refractivity (Wildman–Crippen MR) is 51.4 cm³/mol. The zero-order valence-electron chi connectivity index (χ0n) is 7.62. The number of aryl methyl sites for hydroxylation is 1. The molecule has 14 heavy (non-hydrogen) atoms. The highest BCUT2D eigenvalue weighted by Crippen LogP contribution is 2.16. The van der Waals surface area contributed by atoms with Gasteiger partial charge in [0.2, 0.25) is 0 Å². The average Bonchev–Trinajstić information content (AvgIpc) is 2.45. The first-order valence-corrected chi connectivity index (χ1v) is 4.19. The van der Waals surface area contributed by atoms with Crippen molar-refractivity contribution < 1.29 is 4.39 Å². The van der Waals surface area contributed by atoms with E-state index in [1.165, 1.54) is 18.2 Å². The van der Waals surface area contributed by atoms with Crippen molar-refractivity contribution in [2.45, 2.75) is 0 Å². The van der Waals surface area contributed by atoms with Gasteiger partial charge in [-0.15, -0.1) is 0 Å². The van der Waals surface area contributed by atoms with E-state index in [4.69, 9.17) is 0 Å². The topological polar surface area (TPSA) is 37.8 Å². The quantitative estimate of drug-likeness (QED) is 0.730. The highest BCUT2D eigenvalue weighted by molar-refractivity contribution is 5.58. The van der Waals surface area contributed by atoms with Gasteiger partial charge in [0.05, 0.1) is 5.69 Å². The molecule has 1 N–H and O–H groups in total. The van der Waals surface area contributed by atoms with Crippen LogP contribution in [0.4, 0.5) is 4.39 Å². The van der Waals surface area contributed by atoms with Crippen molar-refractivity contribution in [1.82, 2.24) is 9.78 Å². The number of hydrogen-bond acceptors (Lipinski definition) is 1. The van der Waals surface area contributed by atoms with Crippen molar-refractivity contribution in [2.75, 3.05) is 0 Å². The van der Waals surface area contributed by atoms with Crippen LogP contribution in [0.3, 0.4) is 0 Å². The third-order valence-electron chi connectivity index (χ3n) is 2.03. The second-order valence-corrected chi connectivity index (χ2v) is 3.07. The number of H-pyrrole nitrogens is 1. The molecule has 2 rings (SSSR count). The first-order valence-electron chi connectivity index (χ1n) is 4.19. The molecule has 0 spiro atoms. The van der Waals surface area contributed by atoms with Gasteiger partial charge in [-0.2, -0.15) is 0 Å². The summed E-state index contributed by atoms with van der Waals surface area (Å²) < 4.78 is 14.5. The monoisotopic (exact) mass is 192 g/mol. The number of aromatic nitrogens is 2. The summed E-state index contributed by atoms with van der Waals surface area (Å²) >= 11 is 0. The molecule has 2 aromatic rings. The summed E-state index contributed by atoms with van der Waals surface area (Å²) in [5.74, 6) is -0.309. The Hall–Kier alpha value is -1.84. The maximum absolute atomic E-state index is 12.9. The lowest BCUT2D eigenvalue weighted by atomic mass is 10.1. The number of nitrogens with zero attached hydrogens (tertiary/aromatic N) is 1. The molecule has 0 fully saturated rings. The molecule has 0 saturated heterocycles. The summed E-state index contributed by atoms with van der Waals surface area (Å²) in [4.78, 5) is 11.0. The summed E-state index contributed by atoms with van der Waals surface area (Å²) in [5, 5.41) is 2.56. The second kappa shape index (κ2) is 3.14. The van der Waals surface area contributed by atoms with Crippen LogP contribution in [-0.4, -0.2) is 9.78 Å². The Kier molecular flexibility index (Phi) is 1.96. The van der Waals surface area contributed by atoms with Gasteiger partial charge in [0.15, 0.2) is 0 Å². The minimum Gasteiger partial charge on any atom is -0.288 e. The van der Waals surface area contributed by atoms with Crippen molar-refractivity contribution in [3.8, 4) is 11.3 Å². The Balaban J connectivity index is 2.59. The molecule has 0 saturated carbocycles. The Morgan fingerprint density at radius 2 is 2.14 bits per heavy atom. The number of nitrogens with one attached hydrogen (secondary N) is 1. The molecule has 0 amide bonds. The lowest BCUT2D eigenvalue weighted by molar-refractivity contribution is 0.628. The summed E-state index contributed by atoms with van der Waals surface area (Å²) in [6.07, 6.45) is 0. The van der Waals surface area contributed by atoms with Crippen LogP contribution in [0.2, 0.25) is 0 Å². The lowest BCUT2D eigenvalue weighted by Crippen LogP contribution is -2.00. The van der Waals surface area contributed by atoms with E-state index in [0.29, 0.717) is 11.3 Å². The molecule has 0 aliphatic rings. The fourth-order valence-electron chi connectivity index (χ4n) is 1.40. The molecule has 1 heterocycles. The van der Waals surface area contributed by atoms with E-state index in [1.54, 1.807) is 23.9 Å². The molecule has 72 valence electrons. The van der Waals surface area contributed by atoms with Crippen LogP contribution in [0.25, 0.3) is 11.3 Å². The van der Waals surface area contributed by atoms with E-state index in [2.05, 4.69) is 5.10 Å². The van der Waals surface area contributed by atoms with Crippen LogP contribution in [0.1, 0.15) is 0 Å². The molecule has 0 aliphatic heterocycles. The Labute approximate surface area is 79.8 Å². The minimum absolute atomic E-state index is 0.188. The molecule has 0 aliphatic carbocycles. The van der Waals surface area contributed by atoms with E-state index < -0.39 is 0 Å². The van der Waals surface area contributed by atoms with Gasteiger partial charge in [0, 0.05) is 18.7 Å². The van der Waals surface area contributed by atoms with E-state index in [9.17, 15) is 9.18 Å². The van der Waals surface area contributed by atoms with Gasteiger partial charge in [-0.1, -0.05) is 12.1 Å². The normalized spacial score (nSPS) is 10.4. The van der Waals surface area contributed by atoms with Crippen molar-refractivity contribution in [3.05, 3.63) is 46.5 Å². The van der Waals surface area contributed by atoms with Gasteiger partial charge in [-0.3, -0.25) is 14.6 Å². The number of hydrogen-bond donors (Lipinski definition) is 1. The fourth-order valence-corrected chi connectivity index (χ4v) is 1.40. The largest absolute Gasteiger partial charge is 0.288 e. The molecule has 0 bridgehead atoms. The highest BCUT2D eigenvalue weighted by atomic mass is 19.1. The Morgan fingerprint density at radius 3 is 2.71 bits per heavy atom. The van der Waals surface area contributed by atoms with Gasteiger partial charge in [0.25, 0.3) is 5.56 Å². The van der Waals surface area contributed by atoms with Gasteiger partial charge >= 0.3 is 0 Å². The average molecular weight is 192 g/mol. The maximum Gasteiger partial charge on any atom is 0.264 e. The molecule has 0 atom stereocenters. The van der Waals surface area contributed by atoms with E-state index >= 15 is 0 Å². The fraction of sp³-hybridized carbons (Fsp3) is 0.100. The number of rotatable bonds is 1. The van der Waals surface area contributed by atoms with Gasteiger partial charge < -0.3 is 0 Å². The summed E-state index contributed by atoms with van der Waals surface area (Å²) in [6.45, 7) is 0. The zero-order valence-corrected chi connectivity index (χ0v) is 7.62. The molecule has 0 unspecified atom stereocenters. The molecular formula is C10H9FN2O. The Bertz CT molecular complexity index is 513. The second-order valence-electron chi connectivity index (χ2n) is 3.07. The van der Waals surface area contributed by atoms with Gasteiger partial charge in [-0.05, 0) is 12.1 Å². The standard InChI is InChI=1S/C10H9FN2O/c1-13-9(6-10(14)12-13)7-3-2-4-8(11)5-7/h2-6H,1H3,(H,12,14). The first-order chi connectivity index (χ1) is 6.66. The van der Waals surface area contributed by atoms with Gasteiger partial charge in [-0.25, -0.2) is 4.39 Å². The van der Waals surface area contributed by atoms with Crippen LogP contribution in [0.5, 0.6) is 0 Å². The minimum atomic E-state index is -0.309. The van der Waals surface area contributed by atoms with Crippen LogP contribution in [0, 0.1) is 5.82 Å². The van der Waals surface area contributed by atoms with E-state index in [0.717, 1.165) is 0 Å². The molecule has 4 heteroatoms. The SMILES string of the molecule is Cn1[nH]c(=O)cc1-c1cccc(F)c1. The smallest absolute Gasteiger partial charge is 0.264 e. The maximum atomic E-state index is 12.9. The van der Waals surface area contributed by atoms with Crippen LogP contribution >= 0.6 is 0 Å². The van der Waals surface area contributed by atoms with Crippen LogP contribution < -0.4 is 5.56 Å². The molecule has 1 aromatic carbocycles. The van der Waals surface area contributed by atoms with Crippen molar-refractivity contribution in [1.29, 1.82) is 0 Å². The lowest BCUT2D eigenvalue weighted by Gasteiger charge is -2.01. The van der Waals surface area contributed by atoms with E-state index in [-0.39, 0.29) is 11.4 Å². The number of benzene rings is 1. The number of halogens is 1. The molecular weight excluding hydrogens is 183 g/mol. The summed E-state index contributed by atoms with van der Waals surface area (Å²) in [5.41, 5.74) is 1.17. The van der Waals surface area contributed by atoms with E-state index in [1.807, 2.05) is 0 Å². The van der Waals surface area contributed by atoms with Crippen molar-refractivity contribution in [3.63, 3.8) is 0 Å². The zero-order chi connectivity index (χ0) is 10.1. The van der Waals surface area contributed by atoms with Crippen molar-refractivity contribution >= 4 is 0 Å². The van der Waals surface area contributed by atoms with Crippen LogP contribution in [0.15, 0.2) is 35.1 Å². The van der Waals surface area contributed by atoms with Crippen LogP contribution in [-0.2, 0) is 7.05 Å². The number of aromatic amines is 1. The predicted octanol–water partition coefficient (Wildman–Crippen LogP) is 1.52.